The van der Waals surface area contributed by atoms with Crippen molar-refractivity contribution in [1.82, 2.24) is 5.32 Å². The molecule has 0 radical (unpaired) electrons. The van der Waals surface area contributed by atoms with Crippen molar-refractivity contribution in [2.24, 2.45) is 0 Å². The molecule has 1 N–H and O–H groups in total. The Balaban J connectivity index is 2.52. The van der Waals surface area contributed by atoms with E-state index in [1.54, 1.807) is 6.07 Å². The van der Waals surface area contributed by atoms with E-state index >= 15 is 0 Å². The highest BCUT2D eigenvalue weighted by Gasteiger charge is 2.14. The Morgan fingerprint density at radius 3 is 2.75 bits per heavy atom. The van der Waals surface area contributed by atoms with Gasteiger partial charge < -0.3 is 19.2 Å². The second kappa shape index (κ2) is 6.30. The topological polar surface area (TPSA) is 60.7 Å². The summed E-state index contributed by atoms with van der Waals surface area (Å²) in [7, 11) is 3.05. The van der Waals surface area contributed by atoms with Crippen LogP contribution in [0.25, 0.3) is 0 Å². The third-order valence-electron chi connectivity index (χ3n) is 2.27. The minimum absolute atomic E-state index is 0.176. The van der Waals surface area contributed by atoms with E-state index in [1.807, 2.05) is 6.92 Å². The number of furan rings is 1. The highest BCUT2D eigenvalue weighted by Crippen LogP contribution is 2.10. The molecule has 90 valence electrons. The molecule has 0 saturated carbocycles. The average molecular weight is 227 g/mol. The maximum Gasteiger partial charge on any atom is 0.255 e. The first-order valence-electron chi connectivity index (χ1n) is 5.13. The normalized spacial score (nSPS) is 10.8. The molecule has 0 spiro atoms. The van der Waals surface area contributed by atoms with Crippen LogP contribution in [0.2, 0.25) is 0 Å². The smallest absolute Gasteiger partial charge is 0.255 e. The summed E-state index contributed by atoms with van der Waals surface area (Å²) in [5.74, 6) is 0.508. The first-order chi connectivity index (χ1) is 7.72. The number of aryl methyl sites for hydroxylation is 1. The van der Waals surface area contributed by atoms with Gasteiger partial charge in [-0.3, -0.25) is 4.79 Å². The molecule has 1 amide bonds. The molecule has 1 rings (SSSR count). The van der Waals surface area contributed by atoms with E-state index in [9.17, 15) is 4.79 Å². The standard InChI is InChI=1S/C11H17NO4/c1-4-9-8(5-6-16-9)11(13)12-7-10(14-2)15-3/h5-6,10H,4,7H2,1-3H3,(H,12,13). The van der Waals surface area contributed by atoms with Crippen molar-refractivity contribution in [2.45, 2.75) is 19.6 Å². The number of rotatable bonds is 6. The third-order valence-corrected chi connectivity index (χ3v) is 2.27. The molecule has 0 aliphatic carbocycles. The molecular formula is C11H17NO4. The van der Waals surface area contributed by atoms with Gasteiger partial charge in [-0.1, -0.05) is 6.92 Å². The number of carbonyl (C=O) groups excluding carboxylic acids is 1. The van der Waals surface area contributed by atoms with Gasteiger partial charge >= 0.3 is 0 Å². The lowest BCUT2D eigenvalue weighted by Crippen LogP contribution is -2.34. The van der Waals surface area contributed by atoms with Gasteiger partial charge in [0.2, 0.25) is 0 Å². The van der Waals surface area contributed by atoms with Gasteiger partial charge in [0.15, 0.2) is 6.29 Å². The molecule has 0 saturated heterocycles. The highest BCUT2D eigenvalue weighted by atomic mass is 16.7. The molecule has 5 nitrogen and oxygen atoms in total. The van der Waals surface area contributed by atoms with E-state index in [1.165, 1.54) is 20.5 Å². The maximum absolute atomic E-state index is 11.7. The fraction of sp³-hybridized carbons (Fsp3) is 0.545. The van der Waals surface area contributed by atoms with Gasteiger partial charge in [-0.2, -0.15) is 0 Å². The van der Waals surface area contributed by atoms with Gasteiger partial charge in [0.1, 0.15) is 5.76 Å². The molecule has 0 bridgehead atoms. The van der Waals surface area contributed by atoms with Crippen LogP contribution in [0, 0.1) is 0 Å². The van der Waals surface area contributed by atoms with E-state index < -0.39 is 6.29 Å². The lowest BCUT2D eigenvalue weighted by molar-refractivity contribution is -0.0974. The molecule has 1 aromatic rings. The average Bonchev–Trinajstić information content (AvgIpc) is 2.78. The second-order valence-electron chi connectivity index (χ2n) is 3.22. The Morgan fingerprint density at radius 2 is 2.19 bits per heavy atom. The molecule has 0 unspecified atom stereocenters. The summed E-state index contributed by atoms with van der Waals surface area (Å²) in [6.07, 6.45) is 1.77. The van der Waals surface area contributed by atoms with Crippen LogP contribution in [0.4, 0.5) is 0 Å². The van der Waals surface area contributed by atoms with Crippen molar-refractivity contribution in [2.75, 3.05) is 20.8 Å². The van der Waals surface area contributed by atoms with Crippen molar-refractivity contribution >= 4 is 5.91 Å². The van der Waals surface area contributed by atoms with E-state index in [-0.39, 0.29) is 5.91 Å². The van der Waals surface area contributed by atoms with E-state index in [0.717, 1.165) is 0 Å². The van der Waals surface area contributed by atoms with Crippen LogP contribution in [0.1, 0.15) is 23.0 Å². The summed E-state index contributed by atoms with van der Waals surface area (Å²) in [6.45, 7) is 2.24. The molecule has 0 aliphatic rings. The van der Waals surface area contributed by atoms with Gasteiger partial charge in [-0.15, -0.1) is 0 Å². The Kier molecular flexibility index (Phi) is 5.01. The molecule has 1 aromatic heterocycles. The fourth-order valence-electron chi connectivity index (χ4n) is 1.35. The number of hydrogen-bond acceptors (Lipinski definition) is 4. The number of ether oxygens (including phenoxy) is 2. The van der Waals surface area contributed by atoms with Crippen LogP contribution in [0.5, 0.6) is 0 Å². The number of methoxy groups -OCH3 is 2. The maximum atomic E-state index is 11.7. The molecular weight excluding hydrogens is 210 g/mol. The van der Waals surface area contributed by atoms with Gasteiger partial charge in [0, 0.05) is 20.6 Å². The Morgan fingerprint density at radius 1 is 1.50 bits per heavy atom. The summed E-state index contributed by atoms with van der Waals surface area (Å²) < 4.78 is 15.1. The quantitative estimate of drug-likeness (QED) is 0.741. The predicted octanol–water partition coefficient (Wildman–Crippen LogP) is 1.19. The largest absolute Gasteiger partial charge is 0.469 e. The molecule has 1 heterocycles. The van der Waals surface area contributed by atoms with Gasteiger partial charge in [0.25, 0.3) is 5.91 Å². The summed E-state index contributed by atoms with van der Waals surface area (Å²) >= 11 is 0. The zero-order valence-corrected chi connectivity index (χ0v) is 9.78. The minimum atomic E-state index is -0.430. The van der Waals surface area contributed by atoms with Crippen LogP contribution in [-0.4, -0.2) is 33.0 Å². The fourth-order valence-corrected chi connectivity index (χ4v) is 1.35. The highest BCUT2D eigenvalue weighted by molar-refractivity contribution is 5.95. The summed E-state index contributed by atoms with van der Waals surface area (Å²) in [5, 5.41) is 2.71. The summed E-state index contributed by atoms with van der Waals surface area (Å²) in [4.78, 5) is 11.7. The first-order valence-corrected chi connectivity index (χ1v) is 5.13. The SMILES string of the molecule is CCc1occc1C(=O)NCC(OC)OC. The molecule has 0 fully saturated rings. The molecule has 0 atom stereocenters. The van der Waals surface area contributed by atoms with Crippen molar-refractivity contribution in [1.29, 1.82) is 0 Å². The van der Waals surface area contributed by atoms with Crippen molar-refractivity contribution < 1.29 is 18.7 Å². The minimum Gasteiger partial charge on any atom is -0.469 e. The van der Waals surface area contributed by atoms with Gasteiger partial charge in [-0.25, -0.2) is 0 Å². The van der Waals surface area contributed by atoms with Crippen LogP contribution in [0.15, 0.2) is 16.7 Å². The number of nitrogens with one attached hydrogen (secondary N) is 1. The first kappa shape index (κ1) is 12.7. The summed E-state index contributed by atoms with van der Waals surface area (Å²) in [5.41, 5.74) is 0.563. The number of hydrogen-bond donors (Lipinski definition) is 1. The van der Waals surface area contributed by atoms with E-state index in [0.29, 0.717) is 24.3 Å². The van der Waals surface area contributed by atoms with Crippen molar-refractivity contribution in [3.05, 3.63) is 23.7 Å². The van der Waals surface area contributed by atoms with Crippen molar-refractivity contribution in [3.8, 4) is 0 Å². The molecule has 0 aromatic carbocycles. The number of carbonyl (C=O) groups is 1. The predicted molar refractivity (Wildman–Crippen MR) is 58.2 cm³/mol. The van der Waals surface area contributed by atoms with Gasteiger partial charge in [-0.05, 0) is 6.07 Å². The zero-order valence-electron chi connectivity index (χ0n) is 9.78. The van der Waals surface area contributed by atoms with E-state index in [4.69, 9.17) is 13.9 Å². The molecule has 16 heavy (non-hydrogen) atoms. The third kappa shape index (κ3) is 3.08. The van der Waals surface area contributed by atoms with Crippen LogP contribution >= 0.6 is 0 Å². The van der Waals surface area contributed by atoms with Crippen LogP contribution in [-0.2, 0) is 15.9 Å². The van der Waals surface area contributed by atoms with Crippen molar-refractivity contribution in [3.63, 3.8) is 0 Å². The lowest BCUT2D eigenvalue weighted by atomic mass is 10.2. The number of amides is 1. The monoisotopic (exact) mass is 227 g/mol. The Hall–Kier alpha value is -1.33. The van der Waals surface area contributed by atoms with E-state index in [2.05, 4.69) is 5.32 Å². The zero-order chi connectivity index (χ0) is 12.0. The lowest BCUT2D eigenvalue weighted by Gasteiger charge is -2.13. The van der Waals surface area contributed by atoms with Crippen LogP contribution in [0.3, 0.4) is 0 Å². The Bertz CT molecular complexity index is 330. The molecule has 0 aliphatic heterocycles. The Labute approximate surface area is 94.7 Å². The van der Waals surface area contributed by atoms with Gasteiger partial charge in [0.05, 0.1) is 18.4 Å². The second-order valence-corrected chi connectivity index (χ2v) is 3.22. The molecule has 5 heteroatoms. The summed E-state index contributed by atoms with van der Waals surface area (Å²) in [6, 6.07) is 1.66. The van der Waals surface area contributed by atoms with Crippen LogP contribution < -0.4 is 5.32 Å².